The molecule has 2 aromatic heterocycles. The molecule has 6 atom stereocenters. The standard InChI is InChI=1S/C25H33ClN5O6PS/c1-2-39(19(38(34,35)36)12-15-8-4-3-5-9-15)14-18-20(32)21(33)24(37-18)31-23-17(13-27-31)22(29-25(26)30-23)28-16-10-6-7-11-16/h2-5,8-9,13,16,18-21,24,32-33H,6-7,10-12,14H2,1H3,(H,28,29,30)(H2,34,35,36)/t18-,19-,20-,21-,24-,39?/m1/s1. The zero-order valence-corrected chi connectivity index (χ0v) is 23.8. The van der Waals surface area contributed by atoms with Gasteiger partial charge in [0.05, 0.1) is 17.7 Å². The van der Waals surface area contributed by atoms with Crippen molar-refractivity contribution in [2.45, 2.75) is 74.6 Å². The molecule has 1 unspecified atom stereocenters. The molecule has 3 heterocycles. The van der Waals surface area contributed by atoms with Crippen LogP contribution in [0.1, 0.15) is 44.4 Å². The Morgan fingerprint density at radius 1 is 1.21 bits per heavy atom. The fourth-order valence-corrected chi connectivity index (χ4v) is 9.74. The normalized spacial score (nSPS) is 25.9. The van der Waals surface area contributed by atoms with Gasteiger partial charge in [-0.25, -0.2) is 4.68 Å². The van der Waals surface area contributed by atoms with Crippen LogP contribution in [0.25, 0.3) is 11.0 Å². The van der Waals surface area contributed by atoms with Crippen LogP contribution < -0.4 is 5.32 Å². The summed E-state index contributed by atoms with van der Waals surface area (Å²) in [7, 11) is -5.43. The minimum atomic E-state index is -4.50. The number of anilines is 1. The molecule has 39 heavy (non-hydrogen) atoms. The molecule has 11 nitrogen and oxygen atoms in total. The Labute approximate surface area is 233 Å². The number of halogens is 1. The molecule has 212 valence electrons. The molecule has 1 aromatic carbocycles. The van der Waals surface area contributed by atoms with E-state index >= 15 is 0 Å². The SMILES string of the molecule is C/C=S(/C[C@H]1O[C@@H](n2ncc3c(NC4CCCC4)nc(Cl)nc32)[C@H](O)[C@@H]1O)[C@H](Cc1ccccc1)P(=O)(O)O. The monoisotopic (exact) mass is 597 g/mol. The number of rotatable bonds is 9. The molecule has 14 heteroatoms. The van der Waals surface area contributed by atoms with Gasteiger partial charge in [-0.2, -0.15) is 25.6 Å². The lowest BCUT2D eigenvalue weighted by molar-refractivity contribution is -0.0362. The molecular weight excluding hydrogens is 565 g/mol. The molecule has 1 saturated carbocycles. The predicted octanol–water partition coefficient (Wildman–Crippen LogP) is 3.29. The van der Waals surface area contributed by atoms with E-state index < -0.39 is 47.6 Å². The van der Waals surface area contributed by atoms with E-state index in [0.29, 0.717) is 16.9 Å². The third-order valence-corrected chi connectivity index (χ3v) is 12.3. The molecule has 0 radical (unpaired) electrons. The van der Waals surface area contributed by atoms with E-state index in [0.717, 1.165) is 31.2 Å². The van der Waals surface area contributed by atoms with Gasteiger partial charge >= 0.3 is 7.60 Å². The molecule has 0 amide bonds. The van der Waals surface area contributed by atoms with Crippen LogP contribution >= 0.6 is 29.7 Å². The highest BCUT2D eigenvalue weighted by Crippen LogP contribution is 2.52. The lowest BCUT2D eigenvalue weighted by Crippen LogP contribution is -2.33. The van der Waals surface area contributed by atoms with Crippen molar-refractivity contribution in [3.8, 4) is 0 Å². The minimum Gasteiger partial charge on any atom is -0.387 e. The van der Waals surface area contributed by atoms with Crippen LogP contribution in [0.2, 0.25) is 5.28 Å². The average Bonchev–Trinajstić information content (AvgIpc) is 3.62. The zero-order valence-electron chi connectivity index (χ0n) is 21.4. The Bertz CT molecular complexity index is 1380. The molecule has 1 aliphatic heterocycles. The number of nitrogens with zero attached hydrogens (tertiary/aromatic N) is 4. The second kappa shape index (κ2) is 11.9. The van der Waals surface area contributed by atoms with E-state index in [4.69, 9.17) is 16.3 Å². The molecule has 0 spiro atoms. The summed E-state index contributed by atoms with van der Waals surface area (Å²) < 4.78 is 20.0. The van der Waals surface area contributed by atoms with Gasteiger partial charge in [0.2, 0.25) is 5.28 Å². The van der Waals surface area contributed by atoms with Crippen molar-refractivity contribution in [2.24, 2.45) is 0 Å². The van der Waals surface area contributed by atoms with Gasteiger partial charge in [-0.15, -0.1) is 0 Å². The number of nitrogens with one attached hydrogen (secondary N) is 1. The second-order valence-corrected chi connectivity index (χ2v) is 14.7. The van der Waals surface area contributed by atoms with Crippen molar-refractivity contribution in [1.82, 2.24) is 19.7 Å². The maximum absolute atomic E-state index is 12.5. The van der Waals surface area contributed by atoms with Gasteiger partial charge in [-0.1, -0.05) is 48.5 Å². The van der Waals surface area contributed by atoms with Crippen LogP contribution in [-0.4, -0.2) is 80.2 Å². The van der Waals surface area contributed by atoms with E-state index in [2.05, 4.69) is 20.4 Å². The van der Waals surface area contributed by atoms with Crippen molar-refractivity contribution < 1.29 is 29.3 Å². The van der Waals surface area contributed by atoms with Crippen LogP contribution in [0.5, 0.6) is 0 Å². The first-order chi connectivity index (χ1) is 18.7. The van der Waals surface area contributed by atoms with Crippen LogP contribution in [0, 0.1) is 0 Å². The summed E-state index contributed by atoms with van der Waals surface area (Å²) in [6.45, 7) is 1.74. The molecule has 3 aromatic rings. The van der Waals surface area contributed by atoms with Gasteiger partial charge in [0.1, 0.15) is 23.0 Å². The summed E-state index contributed by atoms with van der Waals surface area (Å²) in [6, 6.07) is 9.42. The predicted molar refractivity (Wildman–Crippen MR) is 152 cm³/mol. The summed E-state index contributed by atoms with van der Waals surface area (Å²) in [5, 5.41) is 32.1. The van der Waals surface area contributed by atoms with Gasteiger partial charge in [0.25, 0.3) is 0 Å². The van der Waals surface area contributed by atoms with Crippen molar-refractivity contribution >= 4 is 51.9 Å². The number of hydrogen-bond acceptors (Lipinski definition) is 8. The topological polar surface area (TPSA) is 163 Å². The summed E-state index contributed by atoms with van der Waals surface area (Å²) in [5.41, 5.74) is 1.16. The molecule has 2 aliphatic rings. The summed E-state index contributed by atoms with van der Waals surface area (Å²) in [4.78, 5) is 28.1. The molecule has 1 saturated heterocycles. The van der Waals surface area contributed by atoms with Gasteiger partial charge in [0.15, 0.2) is 11.9 Å². The number of ether oxygens (including phenoxy) is 1. The Balaban J connectivity index is 1.38. The highest BCUT2D eigenvalue weighted by atomic mass is 35.5. The van der Waals surface area contributed by atoms with Crippen molar-refractivity contribution in [1.29, 1.82) is 0 Å². The van der Waals surface area contributed by atoms with Gasteiger partial charge in [-0.05, 0) is 43.4 Å². The lowest BCUT2D eigenvalue weighted by Gasteiger charge is -2.26. The summed E-state index contributed by atoms with van der Waals surface area (Å²) in [5.74, 6) is 0.678. The number of aromatic nitrogens is 4. The van der Waals surface area contributed by atoms with Crippen LogP contribution in [-0.2, 0) is 15.7 Å². The second-order valence-electron chi connectivity index (χ2n) is 9.94. The number of fused-ring (bicyclic) bond motifs is 1. The van der Waals surface area contributed by atoms with E-state index in [1.54, 1.807) is 18.5 Å². The molecule has 0 bridgehead atoms. The van der Waals surface area contributed by atoms with Crippen molar-refractivity contribution in [3.63, 3.8) is 0 Å². The molecule has 5 rings (SSSR count). The van der Waals surface area contributed by atoms with Crippen LogP contribution in [0.3, 0.4) is 0 Å². The van der Waals surface area contributed by atoms with E-state index in [-0.39, 0.29) is 23.5 Å². The van der Waals surface area contributed by atoms with E-state index in [1.165, 1.54) is 4.68 Å². The first kappa shape index (κ1) is 28.6. The average molecular weight is 598 g/mol. The lowest BCUT2D eigenvalue weighted by atomic mass is 10.1. The number of aliphatic hydroxyl groups is 2. The fourth-order valence-electron chi connectivity index (χ4n) is 5.30. The minimum absolute atomic E-state index is 0.0156. The Kier molecular flexibility index (Phi) is 8.75. The van der Waals surface area contributed by atoms with Crippen LogP contribution in [0.4, 0.5) is 5.82 Å². The first-order valence-corrected chi connectivity index (χ1v) is 16.5. The zero-order chi connectivity index (χ0) is 27.7. The molecule has 5 N–H and O–H groups in total. The first-order valence-electron chi connectivity index (χ1n) is 12.9. The Morgan fingerprint density at radius 3 is 2.59 bits per heavy atom. The summed E-state index contributed by atoms with van der Waals surface area (Å²) in [6.07, 6.45) is 1.50. The highest BCUT2D eigenvalue weighted by molar-refractivity contribution is 8.19. The number of aliphatic hydroxyl groups excluding tert-OH is 2. The number of hydrogen-bond donors (Lipinski definition) is 5. The van der Waals surface area contributed by atoms with Gasteiger partial charge in [0, 0.05) is 11.8 Å². The van der Waals surface area contributed by atoms with E-state index in [9.17, 15) is 24.6 Å². The largest absolute Gasteiger partial charge is 0.387 e. The maximum Gasteiger partial charge on any atom is 0.338 e. The van der Waals surface area contributed by atoms with Gasteiger partial charge in [-0.3, -0.25) is 4.57 Å². The molecule has 2 fully saturated rings. The smallest absolute Gasteiger partial charge is 0.338 e. The van der Waals surface area contributed by atoms with Gasteiger partial charge < -0.3 is 30.1 Å². The van der Waals surface area contributed by atoms with Crippen molar-refractivity contribution in [2.75, 3.05) is 11.1 Å². The molecule has 1 aliphatic carbocycles. The Morgan fingerprint density at radius 2 is 1.92 bits per heavy atom. The third-order valence-electron chi connectivity index (χ3n) is 7.34. The quantitative estimate of drug-likeness (QED) is 0.140. The third kappa shape index (κ3) is 6.23. The Hall–Kier alpha value is -1.89. The summed E-state index contributed by atoms with van der Waals surface area (Å²) >= 11 is 6.24. The molecular formula is C25H33ClN5O6PS. The van der Waals surface area contributed by atoms with Crippen LogP contribution in [0.15, 0.2) is 36.5 Å². The van der Waals surface area contributed by atoms with E-state index in [1.807, 2.05) is 30.3 Å². The van der Waals surface area contributed by atoms with Crippen molar-refractivity contribution in [3.05, 3.63) is 47.4 Å². The number of benzene rings is 1. The fraction of sp³-hybridized carbons (Fsp3) is 0.520. The highest BCUT2D eigenvalue weighted by Gasteiger charge is 2.46. The maximum atomic E-state index is 12.5.